The molecule has 2 N–H and O–H groups in total. The highest BCUT2D eigenvalue weighted by Crippen LogP contribution is 2.32. The van der Waals surface area contributed by atoms with E-state index >= 15 is 0 Å². The molecule has 0 radical (unpaired) electrons. The second-order valence-electron chi connectivity index (χ2n) is 9.17. The number of hydrogen-bond donors (Lipinski definition) is 2. The Morgan fingerprint density at radius 3 is 2.68 bits per heavy atom. The Kier molecular flexibility index (Phi) is 5.95. The molecule has 3 heterocycles. The Morgan fingerprint density at radius 1 is 1.15 bits per heavy atom. The summed E-state index contributed by atoms with van der Waals surface area (Å²) in [5, 5.41) is 19.6. The molecule has 0 spiro atoms. The van der Waals surface area contributed by atoms with Crippen molar-refractivity contribution in [2.75, 3.05) is 17.3 Å². The van der Waals surface area contributed by atoms with Gasteiger partial charge in [-0.1, -0.05) is 11.6 Å². The van der Waals surface area contributed by atoms with Gasteiger partial charge in [0.1, 0.15) is 0 Å². The van der Waals surface area contributed by atoms with Crippen LogP contribution in [0.2, 0.25) is 5.02 Å². The van der Waals surface area contributed by atoms with E-state index in [0.717, 1.165) is 64.4 Å². The molecule has 34 heavy (non-hydrogen) atoms. The van der Waals surface area contributed by atoms with E-state index in [1.165, 1.54) is 0 Å². The highest BCUT2D eigenvalue weighted by molar-refractivity contribution is 6.36. The predicted molar refractivity (Wildman–Crippen MR) is 137 cm³/mol. The quantitative estimate of drug-likeness (QED) is 0.423. The zero-order chi connectivity index (χ0) is 24.0. The first kappa shape index (κ1) is 22.7. The molecule has 1 aromatic carbocycles. The number of aliphatic hydroxyl groups excluding tert-OH is 1. The van der Waals surface area contributed by atoms with Crippen LogP contribution in [-0.2, 0) is 7.05 Å². The summed E-state index contributed by atoms with van der Waals surface area (Å²) in [6.07, 6.45) is 7.25. The van der Waals surface area contributed by atoms with Crippen LogP contribution >= 0.6 is 11.6 Å². The van der Waals surface area contributed by atoms with Crippen molar-refractivity contribution in [3.8, 4) is 5.82 Å². The van der Waals surface area contributed by atoms with Crippen molar-refractivity contribution in [1.29, 1.82) is 0 Å². The number of fused-ring (bicyclic) bond motifs is 1. The molecule has 1 aliphatic carbocycles. The summed E-state index contributed by atoms with van der Waals surface area (Å²) in [6.45, 7) is 4.03. The van der Waals surface area contributed by atoms with Gasteiger partial charge in [0.2, 0.25) is 5.95 Å². The number of aromatic nitrogens is 5. The van der Waals surface area contributed by atoms with Crippen molar-refractivity contribution in [2.24, 2.45) is 7.05 Å². The van der Waals surface area contributed by atoms with Gasteiger partial charge in [-0.15, -0.1) is 0 Å². The van der Waals surface area contributed by atoms with Crippen molar-refractivity contribution in [3.63, 3.8) is 0 Å². The Hall–Kier alpha value is -3.10. The van der Waals surface area contributed by atoms with E-state index < -0.39 is 0 Å². The van der Waals surface area contributed by atoms with Crippen LogP contribution in [-0.4, -0.2) is 48.6 Å². The maximum Gasteiger partial charge on any atom is 0.229 e. The topological polar surface area (TPSA) is 84.0 Å². The number of benzene rings is 1. The van der Waals surface area contributed by atoms with Crippen molar-refractivity contribution in [2.45, 2.75) is 51.7 Å². The monoisotopic (exact) mass is 479 g/mol. The van der Waals surface area contributed by atoms with Gasteiger partial charge in [0, 0.05) is 54.7 Å². The molecular formula is C25H30ClN7O. The lowest BCUT2D eigenvalue weighted by Gasteiger charge is -2.34. The number of aliphatic hydroxyl groups is 1. The number of hydrogen-bond acceptors (Lipinski definition) is 6. The largest absolute Gasteiger partial charge is 0.393 e. The first-order valence-corrected chi connectivity index (χ1v) is 12.0. The summed E-state index contributed by atoms with van der Waals surface area (Å²) in [4.78, 5) is 11.4. The summed E-state index contributed by atoms with van der Waals surface area (Å²) in [6, 6.07) is 8.32. The van der Waals surface area contributed by atoms with E-state index in [1.807, 2.05) is 51.4 Å². The minimum Gasteiger partial charge on any atom is -0.393 e. The first-order valence-electron chi connectivity index (χ1n) is 11.6. The zero-order valence-electron chi connectivity index (χ0n) is 20.0. The molecule has 178 valence electrons. The van der Waals surface area contributed by atoms with Gasteiger partial charge < -0.3 is 19.9 Å². The first-order chi connectivity index (χ1) is 16.3. The third kappa shape index (κ3) is 4.12. The molecule has 1 fully saturated rings. The Balaban J connectivity index is 1.38. The average Bonchev–Trinajstić information content (AvgIpc) is 3.33. The third-order valence-electron chi connectivity index (χ3n) is 7.01. The molecule has 9 heteroatoms. The van der Waals surface area contributed by atoms with Gasteiger partial charge in [0.25, 0.3) is 0 Å². The van der Waals surface area contributed by atoms with E-state index in [0.29, 0.717) is 17.8 Å². The average molecular weight is 480 g/mol. The van der Waals surface area contributed by atoms with Crippen LogP contribution in [0, 0.1) is 13.8 Å². The summed E-state index contributed by atoms with van der Waals surface area (Å²) in [5.74, 6) is 1.18. The standard InChI is InChI=1S/C25H30ClN7O/c1-15-22(32(4)18-6-8-19(34)9-7-18)14-33(30-15)23-11-12-27-25(29-23)28-17-5-10-21-20(13-17)24(26)16(2)31(21)3/h5,10-14,18-19,34H,6-9H2,1-4H3,(H,27,28,29). The van der Waals surface area contributed by atoms with Gasteiger partial charge in [-0.25, -0.2) is 9.67 Å². The second kappa shape index (κ2) is 8.92. The fourth-order valence-electron chi connectivity index (χ4n) is 4.83. The van der Waals surface area contributed by atoms with Crippen molar-refractivity contribution >= 4 is 39.8 Å². The maximum atomic E-state index is 9.83. The summed E-state index contributed by atoms with van der Waals surface area (Å²) in [7, 11) is 4.12. The molecule has 3 aromatic heterocycles. The van der Waals surface area contributed by atoms with Crippen LogP contribution in [0.3, 0.4) is 0 Å². The smallest absolute Gasteiger partial charge is 0.229 e. The lowest BCUT2D eigenvalue weighted by molar-refractivity contribution is 0.122. The fourth-order valence-corrected chi connectivity index (χ4v) is 5.11. The minimum absolute atomic E-state index is 0.164. The van der Waals surface area contributed by atoms with Gasteiger partial charge in [-0.05, 0) is 57.7 Å². The Bertz CT molecular complexity index is 1340. The summed E-state index contributed by atoms with van der Waals surface area (Å²) in [5.41, 5.74) is 5.01. The van der Waals surface area contributed by atoms with E-state index in [-0.39, 0.29) is 6.10 Å². The predicted octanol–water partition coefficient (Wildman–Crippen LogP) is 4.91. The fraction of sp³-hybridized carbons (Fsp3) is 0.400. The van der Waals surface area contributed by atoms with E-state index in [1.54, 1.807) is 10.9 Å². The van der Waals surface area contributed by atoms with Crippen molar-refractivity contribution in [1.82, 2.24) is 24.3 Å². The summed E-state index contributed by atoms with van der Waals surface area (Å²) < 4.78 is 3.88. The molecule has 8 nitrogen and oxygen atoms in total. The van der Waals surface area contributed by atoms with Crippen LogP contribution in [0.4, 0.5) is 17.3 Å². The molecule has 0 aliphatic heterocycles. The summed E-state index contributed by atoms with van der Waals surface area (Å²) >= 11 is 6.53. The molecule has 1 aliphatic rings. The number of nitrogens with one attached hydrogen (secondary N) is 1. The van der Waals surface area contributed by atoms with Gasteiger partial charge in [0.05, 0.1) is 28.7 Å². The Labute approximate surface area is 204 Å². The third-order valence-corrected chi connectivity index (χ3v) is 7.49. The molecular weight excluding hydrogens is 450 g/mol. The van der Waals surface area contributed by atoms with E-state index in [4.69, 9.17) is 16.7 Å². The molecule has 0 unspecified atom stereocenters. The second-order valence-corrected chi connectivity index (χ2v) is 9.55. The minimum atomic E-state index is -0.164. The number of halogens is 1. The lowest BCUT2D eigenvalue weighted by atomic mass is 9.92. The highest BCUT2D eigenvalue weighted by atomic mass is 35.5. The van der Waals surface area contributed by atoms with Crippen molar-refractivity contribution < 1.29 is 5.11 Å². The normalized spacial score (nSPS) is 18.4. The number of anilines is 3. The van der Waals surface area contributed by atoms with Crippen LogP contribution in [0.15, 0.2) is 36.7 Å². The van der Waals surface area contributed by atoms with Crippen LogP contribution in [0.1, 0.15) is 37.1 Å². The van der Waals surface area contributed by atoms with Gasteiger partial charge in [-0.3, -0.25) is 0 Å². The Morgan fingerprint density at radius 2 is 1.91 bits per heavy atom. The lowest BCUT2D eigenvalue weighted by Crippen LogP contribution is -2.36. The maximum absolute atomic E-state index is 9.83. The van der Waals surface area contributed by atoms with Gasteiger partial charge in [-0.2, -0.15) is 10.1 Å². The van der Waals surface area contributed by atoms with Gasteiger partial charge >= 0.3 is 0 Å². The number of rotatable bonds is 5. The molecule has 0 amide bonds. The van der Waals surface area contributed by atoms with E-state index in [9.17, 15) is 5.11 Å². The van der Waals surface area contributed by atoms with Crippen LogP contribution in [0.25, 0.3) is 16.7 Å². The SMILES string of the molecule is Cc1nn(-c2ccnc(Nc3ccc4c(c3)c(Cl)c(C)n4C)n2)cc1N(C)C1CCC(O)CC1. The molecule has 4 aromatic rings. The number of aryl methyl sites for hydroxylation is 2. The van der Waals surface area contributed by atoms with E-state index in [2.05, 4.69) is 31.8 Å². The molecule has 0 saturated heterocycles. The van der Waals surface area contributed by atoms with Crippen molar-refractivity contribution in [3.05, 3.63) is 53.1 Å². The zero-order valence-corrected chi connectivity index (χ0v) is 20.7. The highest BCUT2D eigenvalue weighted by Gasteiger charge is 2.25. The molecule has 5 rings (SSSR count). The van der Waals surface area contributed by atoms with Crippen LogP contribution < -0.4 is 10.2 Å². The number of nitrogens with zero attached hydrogens (tertiary/aromatic N) is 6. The van der Waals surface area contributed by atoms with Crippen LogP contribution in [0.5, 0.6) is 0 Å². The molecule has 1 saturated carbocycles. The molecule has 0 atom stereocenters. The molecule has 0 bridgehead atoms. The van der Waals surface area contributed by atoms with Gasteiger partial charge in [0.15, 0.2) is 5.82 Å².